The van der Waals surface area contributed by atoms with E-state index in [2.05, 4.69) is 24.4 Å². The number of nitrogens with one attached hydrogen (secondary N) is 1. The Morgan fingerprint density at radius 3 is 2.71 bits per heavy atom. The Morgan fingerprint density at radius 1 is 1.21 bits per heavy atom. The number of fused-ring (bicyclic) bond motifs is 1. The minimum atomic E-state index is -0.512. The van der Waals surface area contributed by atoms with Crippen molar-refractivity contribution in [2.24, 2.45) is 5.73 Å². The highest BCUT2D eigenvalue weighted by Crippen LogP contribution is 2.38. The van der Waals surface area contributed by atoms with Crippen LogP contribution in [-0.4, -0.2) is 35.6 Å². The predicted octanol–water partition coefficient (Wildman–Crippen LogP) is 2.09. The second-order valence-electron chi connectivity index (χ2n) is 6.71. The van der Waals surface area contributed by atoms with Crippen LogP contribution in [0, 0.1) is 13.8 Å². The van der Waals surface area contributed by atoms with Gasteiger partial charge in [-0.2, -0.15) is 8.75 Å². The largest absolute Gasteiger partial charge is 0.365 e. The van der Waals surface area contributed by atoms with Gasteiger partial charge in [-0.1, -0.05) is 5.21 Å². The van der Waals surface area contributed by atoms with Gasteiger partial charge < -0.3 is 11.1 Å². The van der Waals surface area contributed by atoms with Crippen molar-refractivity contribution in [2.45, 2.75) is 46.1 Å². The van der Waals surface area contributed by atoms with E-state index in [0.717, 1.165) is 59.2 Å². The Morgan fingerprint density at radius 2 is 2.00 bits per heavy atom. The molecule has 146 valence electrons. The number of rotatable bonds is 5. The van der Waals surface area contributed by atoms with Crippen molar-refractivity contribution in [3.63, 3.8) is 0 Å². The first-order valence-electron chi connectivity index (χ1n) is 8.89. The van der Waals surface area contributed by atoms with E-state index in [0.29, 0.717) is 22.8 Å². The molecule has 0 saturated carbocycles. The van der Waals surface area contributed by atoms with Crippen molar-refractivity contribution in [1.82, 2.24) is 23.7 Å². The monoisotopic (exact) mass is 417 g/mol. The smallest absolute Gasteiger partial charge is 0.278 e. The number of aryl methyl sites for hydroxylation is 2. The number of hydrogen-bond acceptors (Lipinski definition) is 8. The third kappa shape index (κ3) is 3.31. The van der Waals surface area contributed by atoms with Gasteiger partial charge in [-0.15, -0.1) is 16.4 Å². The van der Waals surface area contributed by atoms with E-state index in [-0.39, 0.29) is 5.69 Å². The van der Waals surface area contributed by atoms with E-state index >= 15 is 0 Å². The third-order valence-electron chi connectivity index (χ3n) is 4.89. The van der Waals surface area contributed by atoms with Gasteiger partial charge in [0.25, 0.3) is 11.8 Å². The number of carbonyl (C=O) groups is 2. The number of primary amides is 1. The van der Waals surface area contributed by atoms with E-state index in [9.17, 15) is 9.59 Å². The minimum absolute atomic E-state index is 0.211. The summed E-state index contributed by atoms with van der Waals surface area (Å²) in [6.45, 7) is 4.05. The maximum absolute atomic E-state index is 12.8. The Labute approximate surface area is 169 Å². The maximum atomic E-state index is 12.8. The first kappa shape index (κ1) is 18.7. The molecule has 0 radical (unpaired) electrons. The second kappa shape index (κ2) is 7.40. The molecule has 0 fully saturated rings. The predicted molar refractivity (Wildman–Crippen MR) is 106 cm³/mol. The topological polar surface area (TPSA) is 129 Å². The lowest BCUT2D eigenvalue weighted by Gasteiger charge is -2.11. The zero-order valence-corrected chi connectivity index (χ0v) is 17.1. The summed E-state index contributed by atoms with van der Waals surface area (Å²) in [6, 6.07) is 0. The summed E-state index contributed by atoms with van der Waals surface area (Å²) in [4.78, 5) is 25.9. The Kier molecular flexibility index (Phi) is 4.94. The molecule has 0 atom stereocenters. The fraction of sp³-hybridized carbons (Fsp3) is 0.412. The SMILES string of the molecule is Cc1nsnc1Cn1nnc(C(=O)Nc2sc3c(c2C(N)=O)CCCC3)c1C. The number of nitrogens with zero attached hydrogens (tertiary/aromatic N) is 5. The van der Waals surface area contributed by atoms with Crippen LogP contribution in [0.4, 0.5) is 5.00 Å². The van der Waals surface area contributed by atoms with Gasteiger partial charge in [-0.05, 0) is 45.1 Å². The highest BCUT2D eigenvalue weighted by molar-refractivity contribution is 7.17. The molecule has 0 aromatic carbocycles. The van der Waals surface area contributed by atoms with Crippen LogP contribution in [0.5, 0.6) is 0 Å². The van der Waals surface area contributed by atoms with Crippen molar-refractivity contribution in [3.8, 4) is 0 Å². The summed E-state index contributed by atoms with van der Waals surface area (Å²) in [6.07, 6.45) is 3.83. The van der Waals surface area contributed by atoms with Crippen LogP contribution >= 0.6 is 23.1 Å². The molecule has 1 aliphatic carbocycles. The zero-order valence-electron chi connectivity index (χ0n) is 15.5. The zero-order chi connectivity index (χ0) is 19.8. The van der Waals surface area contributed by atoms with Crippen LogP contribution in [0.1, 0.15) is 61.2 Å². The van der Waals surface area contributed by atoms with Crippen LogP contribution in [0.3, 0.4) is 0 Å². The van der Waals surface area contributed by atoms with E-state index in [4.69, 9.17) is 5.73 Å². The minimum Gasteiger partial charge on any atom is -0.365 e. The van der Waals surface area contributed by atoms with E-state index in [1.807, 2.05) is 6.92 Å². The van der Waals surface area contributed by atoms with Gasteiger partial charge in [0.2, 0.25) is 0 Å². The number of carbonyl (C=O) groups excluding carboxylic acids is 2. The number of amides is 2. The maximum Gasteiger partial charge on any atom is 0.278 e. The molecular formula is C17H19N7O2S2. The molecular weight excluding hydrogens is 398 g/mol. The molecule has 1 aliphatic rings. The Hall–Kier alpha value is -2.66. The Balaban J connectivity index is 1.59. The van der Waals surface area contributed by atoms with Gasteiger partial charge in [-0.25, -0.2) is 4.68 Å². The average Bonchev–Trinajstić information content (AvgIpc) is 3.33. The summed E-state index contributed by atoms with van der Waals surface area (Å²) >= 11 is 2.57. The Bertz CT molecular complexity index is 1070. The molecule has 28 heavy (non-hydrogen) atoms. The molecule has 9 nitrogen and oxygen atoms in total. The quantitative estimate of drug-likeness (QED) is 0.654. The van der Waals surface area contributed by atoms with Gasteiger partial charge in [0.15, 0.2) is 5.69 Å². The van der Waals surface area contributed by atoms with Crippen molar-refractivity contribution in [3.05, 3.63) is 38.8 Å². The highest BCUT2D eigenvalue weighted by atomic mass is 32.1. The molecule has 0 aliphatic heterocycles. The first-order valence-corrected chi connectivity index (χ1v) is 10.4. The summed E-state index contributed by atoms with van der Waals surface area (Å²) in [5.74, 6) is -0.917. The normalized spacial score (nSPS) is 13.4. The summed E-state index contributed by atoms with van der Waals surface area (Å²) in [5.41, 5.74) is 9.46. The van der Waals surface area contributed by atoms with Crippen molar-refractivity contribution >= 4 is 39.9 Å². The van der Waals surface area contributed by atoms with Crippen molar-refractivity contribution in [2.75, 3.05) is 5.32 Å². The second-order valence-corrected chi connectivity index (χ2v) is 8.34. The first-order chi connectivity index (χ1) is 13.5. The molecule has 0 bridgehead atoms. The third-order valence-corrected chi connectivity index (χ3v) is 6.75. The van der Waals surface area contributed by atoms with E-state index < -0.39 is 11.8 Å². The van der Waals surface area contributed by atoms with Crippen LogP contribution in [0.25, 0.3) is 0 Å². The number of thiophene rings is 1. The fourth-order valence-corrected chi connectivity index (χ4v) is 5.18. The average molecular weight is 418 g/mol. The number of aromatic nitrogens is 5. The van der Waals surface area contributed by atoms with Crippen LogP contribution < -0.4 is 11.1 Å². The van der Waals surface area contributed by atoms with E-state index in [1.165, 1.54) is 11.3 Å². The number of nitrogens with two attached hydrogens (primary N) is 1. The van der Waals surface area contributed by atoms with Crippen LogP contribution in [0.2, 0.25) is 0 Å². The lowest BCUT2D eigenvalue weighted by Crippen LogP contribution is -2.19. The molecule has 0 unspecified atom stereocenters. The highest BCUT2D eigenvalue weighted by Gasteiger charge is 2.26. The molecule has 0 saturated heterocycles. The molecule has 4 rings (SSSR count). The van der Waals surface area contributed by atoms with Gasteiger partial charge in [0, 0.05) is 4.88 Å². The standard InChI is InChI=1S/C17H19N7O2S2/c1-8-11(22-28-21-8)7-24-9(2)14(20-23-24)16(26)19-17-13(15(18)25)10-5-3-4-6-12(10)27-17/h3-7H2,1-2H3,(H2,18,25)(H,19,26). The molecule has 11 heteroatoms. The van der Waals surface area contributed by atoms with Gasteiger partial charge >= 0.3 is 0 Å². The summed E-state index contributed by atoms with van der Waals surface area (Å²) < 4.78 is 10.00. The molecule has 3 aromatic heterocycles. The molecule has 3 heterocycles. The molecule has 0 spiro atoms. The molecule has 3 N–H and O–H groups in total. The van der Waals surface area contributed by atoms with Crippen LogP contribution in [-0.2, 0) is 19.4 Å². The van der Waals surface area contributed by atoms with E-state index in [1.54, 1.807) is 11.6 Å². The lowest BCUT2D eigenvalue weighted by atomic mass is 9.95. The van der Waals surface area contributed by atoms with Gasteiger partial charge in [0.05, 0.1) is 40.9 Å². The van der Waals surface area contributed by atoms with Crippen molar-refractivity contribution < 1.29 is 9.59 Å². The fourth-order valence-electron chi connectivity index (χ4n) is 3.33. The summed E-state index contributed by atoms with van der Waals surface area (Å²) in [7, 11) is 0. The molecule has 2 amide bonds. The summed E-state index contributed by atoms with van der Waals surface area (Å²) in [5, 5.41) is 11.4. The van der Waals surface area contributed by atoms with Crippen molar-refractivity contribution in [1.29, 1.82) is 0 Å². The molecule has 3 aromatic rings. The van der Waals surface area contributed by atoms with Gasteiger partial charge in [0.1, 0.15) is 5.00 Å². The number of anilines is 1. The van der Waals surface area contributed by atoms with Crippen LogP contribution in [0.15, 0.2) is 0 Å². The lowest BCUT2D eigenvalue weighted by molar-refractivity contribution is 0.100. The van der Waals surface area contributed by atoms with Gasteiger partial charge in [-0.3, -0.25) is 9.59 Å². The number of hydrogen-bond donors (Lipinski definition) is 2.